The van der Waals surface area contributed by atoms with Crippen molar-refractivity contribution in [2.24, 2.45) is 0 Å². The van der Waals surface area contributed by atoms with Crippen molar-refractivity contribution >= 4 is 27.3 Å². The van der Waals surface area contributed by atoms with Gasteiger partial charge in [0.05, 0.1) is 28.6 Å². The number of ketones is 1. The normalized spacial score (nSPS) is 11.1. The second-order valence-electron chi connectivity index (χ2n) is 7.41. The van der Waals surface area contributed by atoms with Crippen LogP contribution in [0.5, 0.6) is 17.4 Å². The number of halogens is 2. The lowest BCUT2D eigenvalue weighted by atomic mass is 9.99. The zero-order chi connectivity index (χ0) is 24.0. The highest BCUT2D eigenvalue weighted by atomic mass is 32.1. The molecule has 0 unspecified atom stereocenters. The third-order valence-electron chi connectivity index (χ3n) is 5.33. The largest absolute Gasteiger partial charge is 0.503 e. The van der Waals surface area contributed by atoms with E-state index in [1.165, 1.54) is 60.2 Å². The molecule has 0 aliphatic rings. The zero-order valence-corrected chi connectivity index (χ0v) is 18.4. The van der Waals surface area contributed by atoms with Gasteiger partial charge in [-0.3, -0.25) is 9.36 Å². The minimum Gasteiger partial charge on any atom is -0.503 e. The first kappa shape index (κ1) is 21.6. The first-order chi connectivity index (χ1) is 16.4. The molecule has 0 bridgehead atoms. The van der Waals surface area contributed by atoms with Crippen LogP contribution in [0.1, 0.15) is 15.9 Å². The van der Waals surface area contributed by atoms with Gasteiger partial charge in [-0.25, -0.2) is 13.8 Å². The Bertz CT molecular complexity index is 1560. The van der Waals surface area contributed by atoms with Gasteiger partial charge in [-0.2, -0.15) is 0 Å². The molecular formula is C25H16F2N2O4S. The molecule has 34 heavy (non-hydrogen) atoms. The van der Waals surface area contributed by atoms with Crippen molar-refractivity contribution in [1.82, 2.24) is 9.55 Å². The predicted molar refractivity (Wildman–Crippen MR) is 124 cm³/mol. The highest BCUT2D eigenvalue weighted by Gasteiger charge is 2.31. The molecule has 0 fully saturated rings. The van der Waals surface area contributed by atoms with Crippen molar-refractivity contribution in [3.8, 4) is 33.8 Å². The quantitative estimate of drug-likeness (QED) is 0.318. The maximum atomic E-state index is 14.2. The van der Waals surface area contributed by atoms with E-state index in [2.05, 4.69) is 4.98 Å². The summed E-state index contributed by atoms with van der Waals surface area (Å²) in [5.74, 6) is -2.41. The molecule has 2 N–H and O–H groups in total. The number of benzene rings is 3. The molecule has 0 aliphatic carbocycles. The Morgan fingerprint density at radius 2 is 1.74 bits per heavy atom. The minimum atomic E-state index is -0.675. The molecule has 0 saturated carbocycles. The van der Waals surface area contributed by atoms with Crippen LogP contribution in [0.4, 0.5) is 8.78 Å². The molecule has 0 saturated heterocycles. The van der Waals surface area contributed by atoms with Gasteiger partial charge in [-0.05, 0) is 54.6 Å². The van der Waals surface area contributed by atoms with E-state index >= 15 is 0 Å². The van der Waals surface area contributed by atoms with Crippen molar-refractivity contribution in [3.05, 3.63) is 89.5 Å². The molecule has 2 aromatic heterocycles. The third kappa shape index (κ3) is 3.56. The monoisotopic (exact) mass is 478 g/mol. The van der Waals surface area contributed by atoms with E-state index in [-0.39, 0.29) is 27.5 Å². The molecule has 6 nitrogen and oxygen atoms in total. The van der Waals surface area contributed by atoms with E-state index in [0.29, 0.717) is 16.0 Å². The van der Waals surface area contributed by atoms with Gasteiger partial charge in [0.25, 0.3) is 0 Å². The SMILES string of the molecule is COc1ccc(C(=O)c2c(O)c(O)n(-c3nc4ccc(F)cc4s3)c2-c2cccc(F)c2)cc1. The molecule has 2 heterocycles. The number of carbonyl (C=O) groups is 1. The first-order valence-corrected chi connectivity index (χ1v) is 10.9. The Labute approximate surface area is 195 Å². The number of aromatic nitrogens is 2. The van der Waals surface area contributed by atoms with Gasteiger partial charge in [-0.15, -0.1) is 0 Å². The van der Waals surface area contributed by atoms with E-state index in [4.69, 9.17) is 4.74 Å². The molecule has 0 atom stereocenters. The van der Waals surface area contributed by atoms with Crippen LogP contribution in [-0.4, -0.2) is 32.7 Å². The van der Waals surface area contributed by atoms with Crippen LogP contribution in [-0.2, 0) is 0 Å². The van der Waals surface area contributed by atoms with E-state index in [1.54, 1.807) is 18.2 Å². The second-order valence-corrected chi connectivity index (χ2v) is 8.42. The van der Waals surface area contributed by atoms with Gasteiger partial charge in [-0.1, -0.05) is 23.5 Å². The fraction of sp³-hybridized carbons (Fsp3) is 0.0400. The van der Waals surface area contributed by atoms with Gasteiger partial charge < -0.3 is 14.9 Å². The molecule has 170 valence electrons. The highest BCUT2D eigenvalue weighted by Crippen LogP contribution is 2.45. The molecule has 0 spiro atoms. The summed E-state index contributed by atoms with van der Waals surface area (Å²) in [6, 6.07) is 15.7. The summed E-state index contributed by atoms with van der Waals surface area (Å²) in [6.45, 7) is 0. The van der Waals surface area contributed by atoms with E-state index in [1.807, 2.05) is 0 Å². The Kier molecular flexibility index (Phi) is 5.25. The topological polar surface area (TPSA) is 84.6 Å². The number of nitrogens with zero attached hydrogens (tertiary/aromatic N) is 2. The summed E-state index contributed by atoms with van der Waals surface area (Å²) < 4.78 is 34.7. The van der Waals surface area contributed by atoms with Gasteiger partial charge >= 0.3 is 0 Å². The number of methoxy groups -OCH3 is 1. The zero-order valence-electron chi connectivity index (χ0n) is 17.6. The van der Waals surface area contributed by atoms with Crippen molar-refractivity contribution < 1.29 is 28.5 Å². The van der Waals surface area contributed by atoms with E-state index in [0.717, 1.165) is 11.3 Å². The number of thiazole rings is 1. The summed E-state index contributed by atoms with van der Waals surface area (Å²) in [7, 11) is 1.49. The van der Waals surface area contributed by atoms with Crippen LogP contribution in [0.15, 0.2) is 66.7 Å². The fourth-order valence-corrected chi connectivity index (χ4v) is 4.73. The lowest BCUT2D eigenvalue weighted by Crippen LogP contribution is -2.05. The molecule has 5 rings (SSSR count). The van der Waals surface area contributed by atoms with Crippen molar-refractivity contribution in [2.75, 3.05) is 7.11 Å². The summed E-state index contributed by atoms with van der Waals surface area (Å²) in [5, 5.41) is 21.9. The van der Waals surface area contributed by atoms with Gasteiger partial charge in [0, 0.05) is 11.1 Å². The maximum absolute atomic E-state index is 14.2. The number of hydrogen-bond donors (Lipinski definition) is 2. The van der Waals surface area contributed by atoms with Gasteiger partial charge in [0.15, 0.2) is 16.7 Å². The van der Waals surface area contributed by atoms with Crippen LogP contribution in [0.25, 0.3) is 26.6 Å². The van der Waals surface area contributed by atoms with Gasteiger partial charge in [0.1, 0.15) is 17.4 Å². The number of rotatable bonds is 5. The van der Waals surface area contributed by atoms with Crippen molar-refractivity contribution in [2.45, 2.75) is 0 Å². The van der Waals surface area contributed by atoms with Crippen LogP contribution < -0.4 is 4.74 Å². The third-order valence-corrected chi connectivity index (χ3v) is 6.33. The highest BCUT2D eigenvalue weighted by molar-refractivity contribution is 7.20. The number of ether oxygens (including phenoxy) is 1. The number of fused-ring (bicyclic) bond motifs is 1. The molecule has 3 aromatic carbocycles. The molecular weight excluding hydrogens is 462 g/mol. The van der Waals surface area contributed by atoms with Crippen molar-refractivity contribution in [3.63, 3.8) is 0 Å². The Balaban J connectivity index is 1.78. The van der Waals surface area contributed by atoms with Crippen LogP contribution in [0.2, 0.25) is 0 Å². The van der Waals surface area contributed by atoms with E-state index in [9.17, 15) is 23.8 Å². The van der Waals surface area contributed by atoms with Crippen LogP contribution in [0.3, 0.4) is 0 Å². The molecule has 9 heteroatoms. The van der Waals surface area contributed by atoms with Crippen molar-refractivity contribution in [1.29, 1.82) is 0 Å². The number of hydrogen-bond acceptors (Lipinski definition) is 6. The van der Waals surface area contributed by atoms with E-state index < -0.39 is 29.0 Å². The fourth-order valence-electron chi connectivity index (χ4n) is 3.73. The predicted octanol–water partition coefficient (Wildman–Crippen LogP) is 5.68. The number of carbonyl (C=O) groups excluding carboxylic acids is 1. The molecule has 0 amide bonds. The molecule has 5 aromatic rings. The number of aromatic hydroxyl groups is 2. The second kappa shape index (κ2) is 8.27. The van der Waals surface area contributed by atoms with Gasteiger partial charge in [0.2, 0.25) is 5.88 Å². The first-order valence-electron chi connectivity index (χ1n) is 10.0. The average molecular weight is 478 g/mol. The molecule has 0 radical (unpaired) electrons. The summed E-state index contributed by atoms with van der Waals surface area (Å²) in [4.78, 5) is 17.9. The minimum absolute atomic E-state index is 0.0508. The van der Waals surface area contributed by atoms with Crippen LogP contribution in [0, 0.1) is 11.6 Å². The Hall–Kier alpha value is -4.24. The standard InChI is InChI=1S/C25H16F2N2O4S/c1-33-17-8-5-13(6-9-17)22(30)20-21(14-3-2-4-15(26)11-14)29(24(32)23(20)31)25-28-18-10-7-16(27)12-19(18)34-25/h2-12,31-32H,1H3. The van der Waals surface area contributed by atoms with Crippen LogP contribution >= 0.6 is 11.3 Å². The summed E-state index contributed by atoms with van der Waals surface area (Å²) in [6.07, 6.45) is 0. The lowest BCUT2D eigenvalue weighted by Gasteiger charge is -2.10. The summed E-state index contributed by atoms with van der Waals surface area (Å²) >= 11 is 1.05. The molecule has 0 aliphatic heterocycles. The Morgan fingerprint density at radius 1 is 1.00 bits per heavy atom. The Morgan fingerprint density at radius 3 is 2.44 bits per heavy atom. The smallest absolute Gasteiger partial charge is 0.242 e. The lowest BCUT2D eigenvalue weighted by molar-refractivity contribution is 0.103. The maximum Gasteiger partial charge on any atom is 0.242 e. The average Bonchev–Trinajstić information content (AvgIpc) is 3.36. The summed E-state index contributed by atoms with van der Waals surface area (Å²) in [5.41, 5.74) is 0.742.